The van der Waals surface area contributed by atoms with E-state index in [1.807, 2.05) is 31.2 Å². The van der Waals surface area contributed by atoms with E-state index in [4.69, 9.17) is 5.11 Å². The Morgan fingerprint density at radius 1 is 1.41 bits per heavy atom. The van der Waals surface area contributed by atoms with Crippen molar-refractivity contribution in [2.75, 3.05) is 0 Å². The van der Waals surface area contributed by atoms with E-state index in [-0.39, 0.29) is 6.61 Å². The summed E-state index contributed by atoms with van der Waals surface area (Å²) in [5.74, 6) is -0.781. The molecule has 0 saturated carbocycles. The number of thioether (sulfide) groups is 1. The van der Waals surface area contributed by atoms with Crippen LogP contribution in [-0.2, 0) is 11.4 Å². The van der Waals surface area contributed by atoms with Gasteiger partial charge in [-0.2, -0.15) is 0 Å². The molecule has 4 heteroatoms. The Morgan fingerprint density at radius 2 is 2.12 bits per heavy atom. The molecule has 0 radical (unpaired) electrons. The predicted molar refractivity (Wildman–Crippen MR) is 69.2 cm³/mol. The maximum Gasteiger partial charge on any atom is 0.316 e. The number of aliphatic hydroxyl groups is 1. The summed E-state index contributed by atoms with van der Waals surface area (Å²) in [6.07, 6.45) is 2.56. The van der Waals surface area contributed by atoms with Crippen LogP contribution >= 0.6 is 11.8 Å². The smallest absolute Gasteiger partial charge is 0.316 e. The van der Waals surface area contributed by atoms with Gasteiger partial charge in [0.1, 0.15) is 5.25 Å². The van der Waals surface area contributed by atoms with Crippen molar-refractivity contribution in [1.29, 1.82) is 0 Å². The van der Waals surface area contributed by atoms with E-state index >= 15 is 0 Å². The molecule has 0 aliphatic heterocycles. The Labute approximate surface area is 106 Å². The van der Waals surface area contributed by atoms with Gasteiger partial charge in [-0.3, -0.25) is 4.79 Å². The van der Waals surface area contributed by atoms with Crippen molar-refractivity contribution in [2.45, 2.75) is 42.9 Å². The SMILES string of the molecule is CCCCC(Sc1ccccc1CO)C(=O)O. The summed E-state index contributed by atoms with van der Waals surface area (Å²) in [6.45, 7) is 1.99. The second-order valence-corrected chi connectivity index (χ2v) is 5.10. The highest BCUT2D eigenvalue weighted by Crippen LogP contribution is 2.29. The van der Waals surface area contributed by atoms with Crippen LogP contribution in [0.2, 0.25) is 0 Å². The maximum atomic E-state index is 11.1. The molecule has 0 spiro atoms. The molecule has 17 heavy (non-hydrogen) atoms. The molecule has 2 N–H and O–H groups in total. The predicted octanol–water partition coefficient (Wildman–Crippen LogP) is 2.91. The van der Waals surface area contributed by atoms with E-state index in [2.05, 4.69) is 0 Å². The van der Waals surface area contributed by atoms with E-state index in [0.29, 0.717) is 6.42 Å². The van der Waals surface area contributed by atoms with Crippen molar-refractivity contribution in [3.8, 4) is 0 Å². The first-order valence-corrected chi connectivity index (χ1v) is 6.65. The second-order valence-electron chi connectivity index (χ2n) is 3.85. The zero-order valence-corrected chi connectivity index (χ0v) is 10.7. The molecule has 0 aromatic heterocycles. The van der Waals surface area contributed by atoms with E-state index < -0.39 is 11.2 Å². The molecule has 94 valence electrons. The standard InChI is InChI=1S/C13H18O3S/c1-2-3-7-12(13(15)16)17-11-8-5-4-6-10(11)9-14/h4-6,8,12,14H,2-3,7,9H2,1H3,(H,15,16). The van der Waals surface area contributed by atoms with Crippen molar-refractivity contribution in [1.82, 2.24) is 0 Å². The number of aliphatic carboxylic acids is 1. The van der Waals surface area contributed by atoms with Crippen LogP contribution < -0.4 is 0 Å². The van der Waals surface area contributed by atoms with E-state index in [0.717, 1.165) is 23.3 Å². The van der Waals surface area contributed by atoms with Gasteiger partial charge in [0.15, 0.2) is 0 Å². The summed E-state index contributed by atoms with van der Waals surface area (Å²) in [6, 6.07) is 7.39. The van der Waals surface area contributed by atoms with Gasteiger partial charge in [-0.25, -0.2) is 0 Å². The minimum absolute atomic E-state index is 0.0523. The van der Waals surface area contributed by atoms with Crippen LogP contribution in [-0.4, -0.2) is 21.4 Å². The topological polar surface area (TPSA) is 57.5 Å². The zero-order chi connectivity index (χ0) is 12.7. The summed E-state index contributed by atoms with van der Waals surface area (Å²) in [4.78, 5) is 12.0. The normalized spacial score (nSPS) is 12.4. The lowest BCUT2D eigenvalue weighted by Crippen LogP contribution is -2.16. The first-order chi connectivity index (χ1) is 8.19. The van der Waals surface area contributed by atoms with Crippen molar-refractivity contribution < 1.29 is 15.0 Å². The number of rotatable bonds is 7. The van der Waals surface area contributed by atoms with Gasteiger partial charge in [-0.15, -0.1) is 11.8 Å². The average molecular weight is 254 g/mol. The van der Waals surface area contributed by atoms with Crippen LogP contribution in [0, 0.1) is 0 Å². The third-order valence-corrected chi connectivity index (χ3v) is 3.88. The van der Waals surface area contributed by atoms with Crippen molar-refractivity contribution in [3.63, 3.8) is 0 Å². The lowest BCUT2D eigenvalue weighted by molar-refractivity contribution is -0.136. The molecule has 0 amide bonds. The molecule has 0 heterocycles. The highest BCUT2D eigenvalue weighted by Gasteiger charge is 2.19. The number of carbonyl (C=O) groups is 1. The average Bonchev–Trinajstić information content (AvgIpc) is 2.34. The summed E-state index contributed by atoms with van der Waals surface area (Å²) >= 11 is 1.33. The Bertz CT molecular complexity index is 365. The fourth-order valence-corrected chi connectivity index (χ4v) is 2.66. The highest BCUT2D eigenvalue weighted by molar-refractivity contribution is 8.00. The Kier molecular flexibility index (Phi) is 6.08. The number of hydrogen-bond donors (Lipinski definition) is 2. The number of benzene rings is 1. The van der Waals surface area contributed by atoms with Gasteiger partial charge in [-0.1, -0.05) is 38.0 Å². The molecule has 1 aromatic rings. The van der Waals surface area contributed by atoms with Crippen molar-refractivity contribution >= 4 is 17.7 Å². The first kappa shape index (κ1) is 14.1. The van der Waals surface area contributed by atoms with Crippen LogP contribution in [0.5, 0.6) is 0 Å². The fraction of sp³-hybridized carbons (Fsp3) is 0.462. The van der Waals surface area contributed by atoms with Crippen LogP contribution in [0.15, 0.2) is 29.2 Å². The molecule has 1 aromatic carbocycles. The largest absolute Gasteiger partial charge is 0.480 e. The summed E-state index contributed by atoms with van der Waals surface area (Å²) in [7, 11) is 0. The van der Waals surface area contributed by atoms with Crippen LogP contribution in [0.3, 0.4) is 0 Å². The van der Waals surface area contributed by atoms with Gasteiger partial charge in [0, 0.05) is 4.90 Å². The Hall–Kier alpha value is -1.00. The summed E-state index contributed by atoms with van der Waals surface area (Å²) in [5.41, 5.74) is 0.792. The minimum Gasteiger partial charge on any atom is -0.480 e. The number of unbranched alkanes of at least 4 members (excludes halogenated alkanes) is 1. The Balaban J connectivity index is 2.74. The number of carboxylic acid groups (broad SMARTS) is 1. The summed E-state index contributed by atoms with van der Waals surface area (Å²) in [5, 5.41) is 17.9. The van der Waals surface area contributed by atoms with Crippen LogP contribution in [0.4, 0.5) is 0 Å². The number of aliphatic hydroxyl groups excluding tert-OH is 1. The zero-order valence-electron chi connectivity index (χ0n) is 9.93. The quantitative estimate of drug-likeness (QED) is 0.735. The molecule has 1 unspecified atom stereocenters. The molecule has 0 saturated heterocycles. The monoisotopic (exact) mass is 254 g/mol. The molecule has 3 nitrogen and oxygen atoms in total. The van der Waals surface area contributed by atoms with E-state index in [9.17, 15) is 9.90 Å². The lowest BCUT2D eigenvalue weighted by Gasteiger charge is -2.13. The molecular weight excluding hydrogens is 236 g/mol. The molecule has 0 fully saturated rings. The van der Waals surface area contributed by atoms with Crippen LogP contribution in [0.25, 0.3) is 0 Å². The third kappa shape index (κ3) is 4.40. The molecular formula is C13H18O3S. The van der Waals surface area contributed by atoms with Gasteiger partial charge >= 0.3 is 5.97 Å². The highest BCUT2D eigenvalue weighted by atomic mass is 32.2. The van der Waals surface area contributed by atoms with Gasteiger partial charge < -0.3 is 10.2 Å². The van der Waals surface area contributed by atoms with E-state index in [1.165, 1.54) is 11.8 Å². The molecule has 1 atom stereocenters. The number of hydrogen-bond acceptors (Lipinski definition) is 3. The molecule has 0 aliphatic rings. The summed E-state index contributed by atoms with van der Waals surface area (Å²) < 4.78 is 0. The fourth-order valence-electron chi connectivity index (χ4n) is 1.53. The van der Waals surface area contributed by atoms with Crippen molar-refractivity contribution in [2.24, 2.45) is 0 Å². The van der Waals surface area contributed by atoms with E-state index in [1.54, 1.807) is 0 Å². The minimum atomic E-state index is -0.781. The van der Waals surface area contributed by atoms with Gasteiger partial charge in [0.05, 0.1) is 6.61 Å². The van der Waals surface area contributed by atoms with Gasteiger partial charge in [0.25, 0.3) is 0 Å². The van der Waals surface area contributed by atoms with Gasteiger partial charge in [0.2, 0.25) is 0 Å². The molecule has 0 bridgehead atoms. The third-order valence-electron chi connectivity index (χ3n) is 2.51. The molecule has 0 aliphatic carbocycles. The lowest BCUT2D eigenvalue weighted by atomic mass is 10.2. The van der Waals surface area contributed by atoms with Gasteiger partial charge in [-0.05, 0) is 18.1 Å². The molecule has 1 rings (SSSR count). The maximum absolute atomic E-state index is 11.1. The second kappa shape index (κ2) is 7.35. The van der Waals surface area contributed by atoms with Crippen molar-refractivity contribution in [3.05, 3.63) is 29.8 Å². The van der Waals surface area contributed by atoms with Crippen LogP contribution in [0.1, 0.15) is 31.7 Å². The first-order valence-electron chi connectivity index (χ1n) is 5.77. The Morgan fingerprint density at radius 3 is 2.71 bits per heavy atom. The number of carboxylic acids is 1.